The van der Waals surface area contributed by atoms with Gasteiger partial charge < -0.3 is 30.3 Å². The van der Waals surface area contributed by atoms with Crippen molar-refractivity contribution in [1.29, 1.82) is 0 Å². The number of aliphatic hydroxyl groups excluding tert-OH is 5. The number of rotatable bonds is 5. The minimum absolute atomic E-state index is 0.937. The van der Waals surface area contributed by atoms with Gasteiger partial charge in [-0.25, -0.2) is 9.59 Å². The molecule has 0 rings (SSSR count). The summed E-state index contributed by atoms with van der Waals surface area (Å²) in [5, 5.41) is 45.2. The molecule has 0 saturated heterocycles. The molecule has 19 heavy (non-hydrogen) atoms. The molecule has 5 N–H and O–H groups in total. The number of ether oxygens (including phenoxy) is 1. The Morgan fingerprint density at radius 2 is 1.53 bits per heavy atom. The average Bonchev–Trinajstić information content (AvgIpc) is 2.33. The largest absolute Gasteiger partial charge is 0.394 e. The zero-order chi connectivity index (χ0) is 15.4. The van der Waals surface area contributed by atoms with Crippen molar-refractivity contribution in [1.82, 2.24) is 0 Å². The molecule has 0 radical (unpaired) electrons. The molecule has 0 fully saturated rings. The average molecular weight is 342 g/mol. The zero-order valence-corrected chi connectivity index (χ0v) is 11.4. The first-order valence-electron chi connectivity index (χ1n) is 4.68. The van der Waals surface area contributed by atoms with E-state index in [0.717, 1.165) is 0 Å². The first-order valence-corrected chi connectivity index (χ1v) is 5.81. The Kier molecular flexibility index (Phi) is 7.48. The molecule has 0 spiro atoms. The second-order valence-electron chi connectivity index (χ2n) is 3.38. The number of hydrogen-bond acceptors (Lipinski definition) is 8. The summed E-state index contributed by atoms with van der Waals surface area (Å²) >= 11 is 15.3. The number of halogens is 3. The van der Waals surface area contributed by atoms with Gasteiger partial charge in [0.1, 0.15) is 18.3 Å². The number of carbonyl (C=O) groups excluding carboxylic acids is 2. The van der Waals surface area contributed by atoms with Gasteiger partial charge in [0, 0.05) is 0 Å². The molecule has 0 unspecified atom stereocenters. The fourth-order valence-corrected chi connectivity index (χ4v) is 0.987. The number of carbonyl (C=O) groups is 2. The highest BCUT2D eigenvalue weighted by Gasteiger charge is 2.40. The summed E-state index contributed by atoms with van der Waals surface area (Å²) in [4.78, 5) is 22.2. The van der Waals surface area contributed by atoms with Crippen LogP contribution in [0.4, 0.5) is 0 Å². The van der Waals surface area contributed by atoms with Gasteiger partial charge in [0.25, 0.3) is 3.79 Å². The van der Waals surface area contributed by atoms with E-state index in [9.17, 15) is 24.9 Å². The van der Waals surface area contributed by atoms with E-state index in [-0.39, 0.29) is 0 Å². The predicted molar refractivity (Wildman–Crippen MR) is 62.5 cm³/mol. The molecule has 0 aliphatic carbocycles. The molecule has 0 aliphatic rings. The fraction of sp³-hybridized carbons (Fsp3) is 0.750. The Morgan fingerprint density at radius 1 is 1.05 bits per heavy atom. The zero-order valence-electron chi connectivity index (χ0n) is 9.11. The number of esters is 2. The molecule has 0 heterocycles. The molecular formula is C8H11Cl3O8. The van der Waals surface area contributed by atoms with Gasteiger partial charge in [0.05, 0.1) is 6.61 Å². The lowest BCUT2D eigenvalue weighted by Gasteiger charge is -2.24. The Hall–Kier alpha value is -0.190. The molecule has 112 valence electrons. The van der Waals surface area contributed by atoms with Crippen LogP contribution in [0.3, 0.4) is 0 Å². The third-order valence-electron chi connectivity index (χ3n) is 1.92. The van der Waals surface area contributed by atoms with Crippen molar-refractivity contribution >= 4 is 46.7 Å². The third kappa shape index (κ3) is 5.76. The number of aliphatic hydroxyl groups is 5. The van der Waals surface area contributed by atoms with Crippen LogP contribution >= 0.6 is 34.8 Å². The smallest absolute Gasteiger partial charge is 0.366 e. The lowest BCUT2D eigenvalue weighted by molar-refractivity contribution is -0.176. The van der Waals surface area contributed by atoms with Crippen molar-refractivity contribution in [2.45, 2.75) is 28.2 Å². The Bertz CT molecular complexity index is 330. The molecule has 0 aromatic rings. The molecule has 8 nitrogen and oxygen atoms in total. The van der Waals surface area contributed by atoms with E-state index < -0.39 is 46.8 Å². The normalized spacial score (nSPS) is 18.3. The van der Waals surface area contributed by atoms with Crippen LogP contribution in [0.2, 0.25) is 0 Å². The van der Waals surface area contributed by atoms with Gasteiger partial charge in [-0.2, -0.15) is 0 Å². The lowest BCUT2D eigenvalue weighted by atomic mass is 10.0. The van der Waals surface area contributed by atoms with Gasteiger partial charge in [-0.1, -0.05) is 34.8 Å². The molecule has 0 saturated carbocycles. The Balaban J connectivity index is 4.61. The van der Waals surface area contributed by atoms with Crippen LogP contribution in [0.5, 0.6) is 0 Å². The monoisotopic (exact) mass is 340 g/mol. The van der Waals surface area contributed by atoms with Crippen LogP contribution in [0.1, 0.15) is 0 Å². The van der Waals surface area contributed by atoms with Crippen molar-refractivity contribution < 1.29 is 39.9 Å². The topological polar surface area (TPSA) is 145 Å². The Morgan fingerprint density at radius 3 is 1.89 bits per heavy atom. The predicted octanol–water partition coefficient (Wildman–Crippen LogP) is -2.14. The fourth-order valence-electron chi connectivity index (χ4n) is 0.871. The maximum Gasteiger partial charge on any atom is 0.366 e. The molecule has 0 aromatic heterocycles. The van der Waals surface area contributed by atoms with Gasteiger partial charge in [0.2, 0.25) is 0 Å². The van der Waals surface area contributed by atoms with E-state index in [2.05, 4.69) is 4.74 Å². The summed E-state index contributed by atoms with van der Waals surface area (Å²) in [6, 6.07) is 0. The van der Waals surface area contributed by atoms with E-state index in [1.54, 1.807) is 0 Å². The van der Waals surface area contributed by atoms with Gasteiger partial charge >= 0.3 is 11.9 Å². The first-order chi connectivity index (χ1) is 8.52. The number of hydrogen-bond donors (Lipinski definition) is 5. The molecular weight excluding hydrogens is 330 g/mol. The van der Waals surface area contributed by atoms with Crippen molar-refractivity contribution in [3.8, 4) is 0 Å². The van der Waals surface area contributed by atoms with Gasteiger partial charge in [-0.3, -0.25) is 0 Å². The van der Waals surface area contributed by atoms with Gasteiger partial charge in [-0.05, 0) is 0 Å². The maximum atomic E-state index is 11.2. The summed E-state index contributed by atoms with van der Waals surface area (Å²) < 4.78 is 1.36. The standard InChI is InChI=1S/C8H11Cl3O8/c9-8(10,11)7(18)19-6(17)5(16)4(15)3(14)2(13)1-12/h2-5,12-16H,1H2/t2-,3-,4+,5-/m1/s1. The number of alkyl halides is 3. The summed E-state index contributed by atoms with van der Waals surface area (Å²) in [5.41, 5.74) is 0. The first kappa shape index (κ1) is 18.8. The highest BCUT2D eigenvalue weighted by atomic mass is 35.6. The second kappa shape index (κ2) is 7.55. The molecule has 0 bridgehead atoms. The minimum atomic E-state index is -2.57. The van der Waals surface area contributed by atoms with E-state index in [0.29, 0.717) is 0 Å². The lowest BCUT2D eigenvalue weighted by Crippen LogP contribution is -2.49. The van der Waals surface area contributed by atoms with Crippen LogP contribution in [0, 0.1) is 0 Å². The molecule has 0 aliphatic heterocycles. The van der Waals surface area contributed by atoms with Crippen LogP contribution in [0.15, 0.2) is 0 Å². The van der Waals surface area contributed by atoms with Crippen molar-refractivity contribution in [2.75, 3.05) is 6.61 Å². The highest BCUT2D eigenvalue weighted by molar-refractivity contribution is 6.75. The Labute approximate surface area is 122 Å². The summed E-state index contributed by atoms with van der Waals surface area (Å²) in [5.74, 6) is -3.32. The second-order valence-corrected chi connectivity index (χ2v) is 5.66. The van der Waals surface area contributed by atoms with Crippen LogP contribution in [-0.4, -0.2) is 72.3 Å². The van der Waals surface area contributed by atoms with Gasteiger partial charge in [-0.15, -0.1) is 0 Å². The highest BCUT2D eigenvalue weighted by Crippen LogP contribution is 2.27. The third-order valence-corrected chi connectivity index (χ3v) is 2.38. The SMILES string of the molecule is O=C(OC(=O)C(Cl)(Cl)Cl)[C@H](O)[C@@H](O)[C@H](O)[C@H](O)CO. The van der Waals surface area contributed by atoms with Crippen molar-refractivity contribution in [2.24, 2.45) is 0 Å². The molecule has 0 amide bonds. The molecule has 11 heteroatoms. The summed E-state index contributed by atoms with van der Waals surface area (Å²) in [6.07, 6.45) is -8.50. The van der Waals surface area contributed by atoms with Gasteiger partial charge in [0.15, 0.2) is 6.10 Å². The molecule has 0 aromatic carbocycles. The van der Waals surface area contributed by atoms with Crippen molar-refractivity contribution in [3.05, 3.63) is 0 Å². The van der Waals surface area contributed by atoms with E-state index >= 15 is 0 Å². The van der Waals surface area contributed by atoms with Crippen LogP contribution in [-0.2, 0) is 14.3 Å². The van der Waals surface area contributed by atoms with E-state index in [1.165, 1.54) is 0 Å². The van der Waals surface area contributed by atoms with E-state index in [4.69, 9.17) is 45.0 Å². The summed E-state index contributed by atoms with van der Waals surface area (Å²) in [6.45, 7) is -0.937. The minimum Gasteiger partial charge on any atom is -0.394 e. The molecule has 4 atom stereocenters. The quantitative estimate of drug-likeness (QED) is 0.216. The van der Waals surface area contributed by atoms with Crippen molar-refractivity contribution in [3.63, 3.8) is 0 Å². The van der Waals surface area contributed by atoms with E-state index in [1.807, 2.05) is 0 Å². The van der Waals surface area contributed by atoms with Crippen LogP contribution < -0.4 is 0 Å². The summed E-state index contributed by atoms with van der Waals surface area (Å²) in [7, 11) is 0. The maximum absolute atomic E-state index is 11.2. The van der Waals surface area contributed by atoms with Crippen LogP contribution in [0.25, 0.3) is 0 Å².